The summed E-state index contributed by atoms with van der Waals surface area (Å²) in [5.74, 6) is -1.14. The van der Waals surface area contributed by atoms with Crippen LogP contribution in [-0.4, -0.2) is 17.3 Å². The number of ether oxygens (including phenoxy) is 1. The van der Waals surface area contributed by atoms with Crippen LogP contribution >= 0.6 is 34.8 Å². The molecular weight excluding hydrogens is 392 g/mol. The highest BCUT2D eigenvalue weighted by Gasteiger charge is 2.32. The van der Waals surface area contributed by atoms with Crippen molar-refractivity contribution in [1.82, 2.24) is 10.3 Å². The molecule has 0 aliphatic heterocycles. The number of rotatable bonds is 4. The van der Waals surface area contributed by atoms with E-state index in [1.165, 1.54) is 18.2 Å². The minimum Gasteiger partial charge on any atom is -0.405 e. The topological polar surface area (TPSA) is 51.2 Å². The monoisotopic (exact) mass is 398 g/mol. The number of para-hydroxylation sites is 1. The van der Waals surface area contributed by atoms with E-state index in [0.29, 0.717) is 0 Å². The molecule has 1 aromatic carbocycles. The molecule has 0 aliphatic carbocycles. The van der Waals surface area contributed by atoms with Crippen molar-refractivity contribution in [2.45, 2.75) is 12.9 Å². The quantitative estimate of drug-likeness (QED) is 0.798. The molecule has 0 unspecified atom stereocenters. The van der Waals surface area contributed by atoms with Gasteiger partial charge < -0.3 is 10.1 Å². The second-order valence-corrected chi connectivity index (χ2v) is 5.58. The van der Waals surface area contributed by atoms with Crippen molar-refractivity contribution in [2.24, 2.45) is 0 Å². The molecule has 0 spiro atoms. The van der Waals surface area contributed by atoms with E-state index in [9.17, 15) is 18.0 Å². The van der Waals surface area contributed by atoms with Gasteiger partial charge in [0, 0.05) is 18.3 Å². The van der Waals surface area contributed by atoms with Crippen LogP contribution in [0.2, 0.25) is 15.1 Å². The number of amides is 1. The fourth-order valence-corrected chi connectivity index (χ4v) is 2.30. The number of alkyl halides is 3. The number of hydrogen-bond acceptors (Lipinski definition) is 3. The Morgan fingerprint density at radius 1 is 1.17 bits per heavy atom. The third-order valence-electron chi connectivity index (χ3n) is 2.77. The number of aromatic nitrogens is 1. The molecule has 1 amide bonds. The van der Waals surface area contributed by atoms with Crippen LogP contribution in [0.4, 0.5) is 13.2 Å². The van der Waals surface area contributed by atoms with E-state index in [-0.39, 0.29) is 32.9 Å². The van der Waals surface area contributed by atoms with Crippen LogP contribution in [-0.2, 0) is 6.54 Å². The Kier molecular flexibility index (Phi) is 5.79. The van der Waals surface area contributed by atoms with E-state index in [1.54, 1.807) is 0 Å². The number of hydrogen-bond donors (Lipinski definition) is 1. The van der Waals surface area contributed by atoms with Crippen LogP contribution in [0.3, 0.4) is 0 Å². The molecule has 0 radical (unpaired) electrons. The lowest BCUT2D eigenvalue weighted by molar-refractivity contribution is -0.274. The number of benzene rings is 1. The molecule has 4 nitrogen and oxygen atoms in total. The highest BCUT2D eigenvalue weighted by Crippen LogP contribution is 2.31. The third kappa shape index (κ3) is 4.66. The Hall–Kier alpha value is -1.70. The Morgan fingerprint density at radius 2 is 1.83 bits per heavy atom. The van der Waals surface area contributed by atoms with Gasteiger partial charge in [-0.2, -0.15) is 0 Å². The van der Waals surface area contributed by atoms with Gasteiger partial charge in [-0.3, -0.25) is 4.79 Å². The largest absolute Gasteiger partial charge is 0.573 e. The molecular formula is C14H8Cl3F3N2O2. The molecule has 0 fully saturated rings. The summed E-state index contributed by atoms with van der Waals surface area (Å²) in [6, 6.07) is 5.41. The predicted octanol–water partition coefficient (Wildman–Crippen LogP) is 4.87. The van der Waals surface area contributed by atoms with Gasteiger partial charge in [0.05, 0.1) is 15.1 Å². The smallest absolute Gasteiger partial charge is 0.405 e. The Bertz CT molecular complexity index is 769. The molecule has 2 aromatic rings. The Balaban J connectivity index is 2.14. The minimum atomic E-state index is -4.84. The molecule has 0 aliphatic rings. The maximum absolute atomic E-state index is 12.4. The van der Waals surface area contributed by atoms with E-state index in [2.05, 4.69) is 15.0 Å². The van der Waals surface area contributed by atoms with E-state index >= 15 is 0 Å². The van der Waals surface area contributed by atoms with Crippen LogP contribution < -0.4 is 10.1 Å². The van der Waals surface area contributed by atoms with E-state index in [1.807, 2.05) is 0 Å². The molecule has 0 atom stereocenters. The second-order valence-electron chi connectivity index (χ2n) is 4.42. The second kappa shape index (κ2) is 7.46. The van der Waals surface area contributed by atoms with Crippen molar-refractivity contribution >= 4 is 40.7 Å². The van der Waals surface area contributed by atoms with Crippen molar-refractivity contribution < 1.29 is 22.7 Å². The molecule has 1 N–H and O–H groups in total. The van der Waals surface area contributed by atoms with Gasteiger partial charge in [-0.25, -0.2) is 4.98 Å². The first-order valence-corrected chi connectivity index (χ1v) is 7.44. The zero-order valence-electron chi connectivity index (χ0n) is 11.6. The van der Waals surface area contributed by atoms with Gasteiger partial charge in [0.2, 0.25) is 0 Å². The molecule has 0 bridgehead atoms. The third-order valence-corrected chi connectivity index (χ3v) is 4.01. The van der Waals surface area contributed by atoms with Crippen LogP contribution in [0.5, 0.6) is 5.75 Å². The number of nitrogens with one attached hydrogen (secondary N) is 1. The molecule has 0 saturated heterocycles. The maximum atomic E-state index is 12.4. The number of carbonyl (C=O) groups is 1. The highest BCUT2D eigenvalue weighted by molar-refractivity contribution is 6.48. The summed E-state index contributed by atoms with van der Waals surface area (Å²) in [5, 5.41) is 2.27. The summed E-state index contributed by atoms with van der Waals surface area (Å²) >= 11 is 17.4. The van der Waals surface area contributed by atoms with Gasteiger partial charge in [-0.05, 0) is 6.07 Å². The predicted molar refractivity (Wildman–Crippen MR) is 83.6 cm³/mol. The van der Waals surface area contributed by atoms with Crippen molar-refractivity contribution in [2.75, 3.05) is 0 Å². The molecule has 2 rings (SSSR count). The lowest BCUT2D eigenvalue weighted by Gasteiger charge is -2.13. The number of nitrogens with zero attached hydrogens (tertiary/aromatic N) is 1. The summed E-state index contributed by atoms with van der Waals surface area (Å²) in [5.41, 5.74) is -0.0698. The summed E-state index contributed by atoms with van der Waals surface area (Å²) in [4.78, 5) is 15.8. The van der Waals surface area contributed by atoms with Crippen LogP contribution in [0.25, 0.3) is 0 Å². The van der Waals surface area contributed by atoms with Crippen LogP contribution in [0, 0.1) is 0 Å². The zero-order valence-corrected chi connectivity index (χ0v) is 13.9. The summed E-state index contributed by atoms with van der Waals surface area (Å²) in [6.07, 6.45) is -3.69. The summed E-state index contributed by atoms with van der Waals surface area (Å²) in [7, 11) is 0. The SMILES string of the molecule is O=C(NCc1ccccc1OC(F)(F)F)c1ncc(Cl)c(Cl)c1Cl. The van der Waals surface area contributed by atoms with Gasteiger partial charge in [-0.15, -0.1) is 13.2 Å². The molecule has 10 heteroatoms. The molecule has 1 heterocycles. The van der Waals surface area contributed by atoms with Gasteiger partial charge in [-0.1, -0.05) is 53.0 Å². The van der Waals surface area contributed by atoms with E-state index in [0.717, 1.165) is 12.3 Å². The van der Waals surface area contributed by atoms with Crippen LogP contribution in [0.1, 0.15) is 16.1 Å². The van der Waals surface area contributed by atoms with Gasteiger partial charge in [0.25, 0.3) is 5.91 Å². The average molecular weight is 400 g/mol. The first-order valence-electron chi connectivity index (χ1n) is 6.30. The van der Waals surface area contributed by atoms with Crippen molar-refractivity contribution in [1.29, 1.82) is 0 Å². The fraction of sp³-hybridized carbons (Fsp3) is 0.143. The van der Waals surface area contributed by atoms with Crippen molar-refractivity contribution in [3.05, 3.63) is 56.8 Å². The normalized spacial score (nSPS) is 11.2. The molecule has 128 valence electrons. The lowest BCUT2D eigenvalue weighted by Crippen LogP contribution is -2.25. The van der Waals surface area contributed by atoms with E-state index in [4.69, 9.17) is 34.8 Å². The highest BCUT2D eigenvalue weighted by atomic mass is 35.5. The van der Waals surface area contributed by atoms with Gasteiger partial charge in [0.15, 0.2) is 0 Å². The van der Waals surface area contributed by atoms with E-state index < -0.39 is 18.0 Å². The summed E-state index contributed by atoms with van der Waals surface area (Å²) in [6.45, 7) is -0.233. The molecule has 1 aromatic heterocycles. The van der Waals surface area contributed by atoms with Gasteiger partial charge in [0.1, 0.15) is 11.4 Å². The number of carbonyl (C=O) groups excluding carboxylic acids is 1. The lowest BCUT2D eigenvalue weighted by atomic mass is 10.2. The molecule has 0 saturated carbocycles. The number of pyridine rings is 1. The maximum Gasteiger partial charge on any atom is 0.573 e. The summed E-state index contributed by atoms with van der Waals surface area (Å²) < 4.78 is 41.0. The Morgan fingerprint density at radius 3 is 2.50 bits per heavy atom. The van der Waals surface area contributed by atoms with Gasteiger partial charge >= 0.3 is 6.36 Å². The first kappa shape index (κ1) is 18.6. The zero-order chi connectivity index (χ0) is 17.9. The fourth-order valence-electron chi connectivity index (χ4n) is 1.74. The minimum absolute atomic E-state index is 0.0423. The molecule has 24 heavy (non-hydrogen) atoms. The average Bonchev–Trinajstić information content (AvgIpc) is 2.50. The van der Waals surface area contributed by atoms with Crippen molar-refractivity contribution in [3.63, 3.8) is 0 Å². The number of halogens is 6. The van der Waals surface area contributed by atoms with Crippen molar-refractivity contribution in [3.8, 4) is 5.75 Å². The first-order chi connectivity index (χ1) is 11.2. The standard InChI is InChI=1S/C14H8Cl3F3N2O2/c15-8-6-21-12(11(17)10(8)16)13(23)22-5-7-3-1-2-4-9(7)24-14(18,19)20/h1-4,6H,5H2,(H,22,23). The van der Waals surface area contributed by atoms with Crippen LogP contribution in [0.15, 0.2) is 30.5 Å². The Labute approximate surface area is 149 Å².